The summed E-state index contributed by atoms with van der Waals surface area (Å²) in [5, 5.41) is 0. The van der Waals surface area contributed by atoms with Crippen LogP contribution in [0.25, 0.3) is 0 Å². The predicted molar refractivity (Wildman–Crippen MR) is 47.8 cm³/mol. The molecule has 0 N–H and O–H groups in total. The smallest absolute Gasteiger partial charge is 0.0838 e. The Morgan fingerprint density at radius 1 is 1.50 bits per heavy atom. The second-order valence-corrected chi connectivity index (χ2v) is 2.87. The van der Waals surface area contributed by atoms with Crippen molar-refractivity contribution in [3.05, 3.63) is 30.2 Å². The molecule has 0 unspecified atom stereocenters. The van der Waals surface area contributed by atoms with Gasteiger partial charge in [0, 0.05) is 19.9 Å². The highest BCUT2D eigenvalue weighted by Crippen LogP contribution is 2.09. The average Bonchev–Trinajstić information content (AvgIpc) is 1.87. The number of rotatable bonds is 4. The normalized spacial score (nSPS) is 8.70. The fraction of sp³-hybridized carbons (Fsp3) is 0.500. The molecule has 0 atom stereocenters. The van der Waals surface area contributed by atoms with Gasteiger partial charge in [0.2, 0.25) is 0 Å². The van der Waals surface area contributed by atoms with E-state index >= 15 is 0 Å². The van der Waals surface area contributed by atoms with Crippen molar-refractivity contribution in [3.8, 4) is 0 Å². The molecule has 0 spiro atoms. The molecule has 0 amide bonds. The van der Waals surface area contributed by atoms with Gasteiger partial charge < -0.3 is 0 Å². The molecular formula is C10H17+. The van der Waals surface area contributed by atoms with Crippen molar-refractivity contribution in [2.24, 2.45) is 0 Å². The molecule has 0 radical (unpaired) electrons. The lowest BCUT2D eigenvalue weighted by atomic mass is 10.1. The fourth-order valence-electron chi connectivity index (χ4n) is 0.691. The van der Waals surface area contributed by atoms with Gasteiger partial charge >= 0.3 is 0 Å². The molecule has 56 valence electrons. The van der Waals surface area contributed by atoms with Crippen molar-refractivity contribution in [2.75, 3.05) is 0 Å². The maximum Gasteiger partial charge on any atom is 0.0890 e. The summed E-state index contributed by atoms with van der Waals surface area (Å²) in [4.78, 5) is 0. The first-order valence-electron chi connectivity index (χ1n) is 3.75. The Bertz CT molecular complexity index is 116. The van der Waals surface area contributed by atoms with Crippen LogP contribution in [0.5, 0.6) is 0 Å². The monoisotopic (exact) mass is 137 g/mol. The van der Waals surface area contributed by atoms with Crippen LogP contribution in [0.2, 0.25) is 0 Å². The molecule has 0 aromatic carbocycles. The standard InChI is InChI=1S/C10H17/c1-5-10(4)8-6-7-9(2)3/h5,7H,1,6,8H2,2-4H3/q+1. The van der Waals surface area contributed by atoms with Crippen LogP contribution in [0.1, 0.15) is 33.6 Å². The topological polar surface area (TPSA) is 0 Å². The lowest BCUT2D eigenvalue weighted by Crippen LogP contribution is -1.83. The van der Waals surface area contributed by atoms with Crippen molar-refractivity contribution >= 4 is 0 Å². The molecule has 0 saturated carbocycles. The Balaban J connectivity index is 3.36. The number of allylic oxidation sites excluding steroid dienone is 3. The van der Waals surface area contributed by atoms with Gasteiger partial charge in [-0.05, 0) is 20.3 Å². The molecule has 0 saturated heterocycles. The van der Waals surface area contributed by atoms with Gasteiger partial charge in [0.1, 0.15) is 0 Å². The molecule has 0 aliphatic carbocycles. The van der Waals surface area contributed by atoms with Crippen molar-refractivity contribution in [2.45, 2.75) is 33.6 Å². The maximum atomic E-state index is 3.70. The molecule has 0 fully saturated rings. The Morgan fingerprint density at radius 2 is 2.10 bits per heavy atom. The Hall–Kier alpha value is -0.650. The van der Waals surface area contributed by atoms with E-state index in [0.717, 1.165) is 12.8 Å². The quantitative estimate of drug-likeness (QED) is 0.411. The van der Waals surface area contributed by atoms with E-state index < -0.39 is 0 Å². The summed E-state index contributed by atoms with van der Waals surface area (Å²) in [6, 6.07) is 0. The van der Waals surface area contributed by atoms with E-state index in [1.54, 1.807) is 0 Å². The van der Waals surface area contributed by atoms with E-state index in [2.05, 4.69) is 33.4 Å². The summed E-state index contributed by atoms with van der Waals surface area (Å²) in [6.07, 6.45) is 6.49. The average molecular weight is 137 g/mol. The minimum absolute atomic E-state index is 1.15. The molecule has 0 aliphatic heterocycles. The maximum absolute atomic E-state index is 3.70. The summed E-state index contributed by atoms with van der Waals surface area (Å²) in [5.74, 6) is 1.37. The van der Waals surface area contributed by atoms with Gasteiger partial charge in [0.25, 0.3) is 0 Å². The van der Waals surface area contributed by atoms with Crippen LogP contribution < -0.4 is 0 Å². The van der Waals surface area contributed by atoms with Crippen LogP contribution in [0.4, 0.5) is 0 Å². The molecule has 0 heteroatoms. The van der Waals surface area contributed by atoms with Gasteiger partial charge in [-0.1, -0.05) is 11.6 Å². The minimum Gasteiger partial charge on any atom is -0.0838 e. The van der Waals surface area contributed by atoms with Gasteiger partial charge in [-0.2, -0.15) is 0 Å². The third-order valence-electron chi connectivity index (χ3n) is 1.44. The zero-order chi connectivity index (χ0) is 7.98. The number of hydrogen-bond acceptors (Lipinski definition) is 0. The Labute approximate surface area is 64.6 Å². The second kappa shape index (κ2) is 5.16. The van der Waals surface area contributed by atoms with Gasteiger partial charge in [0.15, 0.2) is 0 Å². The zero-order valence-electron chi connectivity index (χ0n) is 7.28. The van der Waals surface area contributed by atoms with Crippen LogP contribution in [-0.4, -0.2) is 0 Å². The lowest BCUT2D eigenvalue weighted by molar-refractivity contribution is 0.892. The van der Waals surface area contributed by atoms with Crippen LogP contribution >= 0.6 is 0 Å². The lowest BCUT2D eigenvalue weighted by Gasteiger charge is -1.94. The van der Waals surface area contributed by atoms with Crippen molar-refractivity contribution in [1.29, 1.82) is 0 Å². The van der Waals surface area contributed by atoms with Gasteiger partial charge in [-0.3, -0.25) is 0 Å². The van der Waals surface area contributed by atoms with Gasteiger partial charge in [-0.15, -0.1) is 0 Å². The Kier molecular flexibility index (Phi) is 4.82. The first-order chi connectivity index (χ1) is 4.66. The predicted octanol–water partition coefficient (Wildman–Crippen LogP) is 3.51. The summed E-state index contributed by atoms with van der Waals surface area (Å²) < 4.78 is 0. The first kappa shape index (κ1) is 9.35. The van der Waals surface area contributed by atoms with Crippen molar-refractivity contribution < 1.29 is 0 Å². The molecule has 0 aromatic rings. The third-order valence-corrected chi connectivity index (χ3v) is 1.44. The molecule has 0 nitrogen and oxygen atoms in total. The van der Waals surface area contributed by atoms with Crippen LogP contribution in [-0.2, 0) is 0 Å². The second-order valence-electron chi connectivity index (χ2n) is 2.87. The van der Waals surface area contributed by atoms with E-state index in [0.29, 0.717) is 0 Å². The third kappa shape index (κ3) is 5.49. The van der Waals surface area contributed by atoms with Gasteiger partial charge in [-0.25, -0.2) is 0 Å². The fourth-order valence-corrected chi connectivity index (χ4v) is 0.691. The highest BCUT2D eigenvalue weighted by Gasteiger charge is 1.99. The highest BCUT2D eigenvalue weighted by atomic mass is 14.0. The zero-order valence-corrected chi connectivity index (χ0v) is 7.28. The highest BCUT2D eigenvalue weighted by molar-refractivity contribution is 5.04. The van der Waals surface area contributed by atoms with E-state index in [1.165, 1.54) is 11.5 Å². The van der Waals surface area contributed by atoms with Crippen molar-refractivity contribution in [3.63, 3.8) is 0 Å². The first-order valence-corrected chi connectivity index (χ1v) is 3.75. The van der Waals surface area contributed by atoms with E-state index in [9.17, 15) is 0 Å². The summed E-state index contributed by atoms with van der Waals surface area (Å²) in [5.41, 5.74) is 1.40. The minimum atomic E-state index is 1.15. The largest absolute Gasteiger partial charge is 0.0890 e. The SMILES string of the molecule is C=C[C+](C)CCC=C(C)C. The van der Waals surface area contributed by atoms with Crippen LogP contribution in [0, 0.1) is 5.92 Å². The van der Waals surface area contributed by atoms with E-state index in [-0.39, 0.29) is 0 Å². The summed E-state index contributed by atoms with van der Waals surface area (Å²) >= 11 is 0. The molecular weight excluding hydrogens is 120 g/mol. The summed E-state index contributed by atoms with van der Waals surface area (Å²) in [7, 11) is 0. The van der Waals surface area contributed by atoms with E-state index in [1.807, 2.05) is 6.08 Å². The Morgan fingerprint density at radius 3 is 2.50 bits per heavy atom. The van der Waals surface area contributed by atoms with Crippen LogP contribution in [0.3, 0.4) is 0 Å². The molecule has 0 heterocycles. The van der Waals surface area contributed by atoms with Crippen LogP contribution in [0.15, 0.2) is 24.3 Å². The number of hydrogen-bond donors (Lipinski definition) is 0. The van der Waals surface area contributed by atoms with Crippen molar-refractivity contribution in [1.82, 2.24) is 0 Å². The summed E-state index contributed by atoms with van der Waals surface area (Å²) in [6.45, 7) is 10.1. The molecule has 0 aromatic heterocycles. The van der Waals surface area contributed by atoms with E-state index in [4.69, 9.17) is 0 Å². The molecule has 0 rings (SSSR count). The molecule has 10 heavy (non-hydrogen) atoms. The molecule has 0 aliphatic rings. The molecule has 0 bridgehead atoms. The van der Waals surface area contributed by atoms with Gasteiger partial charge in [0.05, 0.1) is 12.0 Å².